The smallest absolute Gasteiger partial charge is 0.233 e. The van der Waals surface area contributed by atoms with Crippen molar-refractivity contribution in [3.63, 3.8) is 0 Å². The van der Waals surface area contributed by atoms with Crippen LogP contribution < -0.4 is 11.1 Å². The molecule has 0 aromatic carbocycles. The topological polar surface area (TPSA) is 68.0 Å². The molecule has 1 saturated carbocycles. The van der Waals surface area contributed by atoms with Crippen molar-refractivity contribution in [2.45, 2.75) is 45.6 Å². The van der Waals surface area contributed by atoms with Crippen LogP contribution in [0.15, 0.2) is 6.20 Å². The van der Waals surface area contributed by atoms with Crippen LogP contribution in [0.3, 0.4) is 0 Å². The molecular weight excluding hydrogens is 278 g/mol. The molecule has 0 aliphatic heterocycles. The number of nitrogens with zero attached hydrogens (tertiary/aromatic N) is 1. The van der Waals surface area contributed by atoms with Crippen LogP contribution in [0.2, 0.25) is 0 Å². The number of aryl methyl sites for hydroxylation is 1. The van der Waals surface area contributed by atoms with Gasteiger partial charge in [0.05, 0.1) is 16.9 Å². The van der Waals surface area contributed by atoms with Crippen molar-refractivity contribution in [2.75, 3.05) is 0 Å². The molecule has 1 aliphatic carbocycles. The van der Waals surface area contributed by atoms with E-state index in [2.05, 4.69) is 10.3 Å². The SMILES string of the molecule is Cc1cnc(CNC(=O)C2(C(N)=S)CCCCC2)s1. The minimum atomic E-state index is -0.639. The number of amides is 1. The molecule has 1 fully saturated rings. The van der Waals surface area contributed by atoms with E-state index < -0.39 is 5.41 Å². The lowest BCUT2D eigenvalue weighted by molar-refractivity contribution is -0.129. The number of hydrogen-bond acceptors (Lipinski definition) is 4. The average Bonchev–Trinajstić information content (AvgIpc) is 2.82. The van der Waals surface area contributed by atoms with Crippen molar-refractivity contribution in [3.05, 3.63) is 16.1 Å². The van der Waals surface area contributed by atoms with Gasteiger partial charge in [-0.25, -0.2) is 4.98 Å². The van der Waals surface area contributed by atoms with Gasteiger partial charge in [0.1, 0.15) is 5.01 Å². The molecule has 1 aromatic rings. The Morgan fingerprint density at radius 2 is 2.21 bits per heavy atom. The summed E-state index contributed by atoms with van der Waals surface area (Å²) in [5.41, 5.74) is 5.19. The summed E-state index contributed by atoms with van der Waals surface area (Å²) < 4.78 is 0. The fourth-order valence-electron chi connectivity index (χ4n) is 2.55. The average molecular weight is 297 g/mol. The zero-order valence-electron chi connectivity index (χ0n) is 11.1. The molecule has 0 radical (unpaired) electrons. The molecular formula is C13H19N3OS2. The fraction of sp³-hybridized carbons (Fsp3) is 0.615. The van der Waals surface area contributed by atoms with Gasteiger partial charge in [0.15, 0.2) is 0 Å². The minimum Gasteiger partial charge on any atom is -0.392 e. The molecule has 1 aromatic heterocycles. The van der Waals surface area contributed by atoms with Crippen LogP contribution in [-0.4, -0.2) is 15.9 Å². The molecule has 0 spiro atoms. The van der Waals surface area contributed by atoms with Crippen LogP contribution in [0.5, 0.6) is 0 Å². The normalized spacial score (nSPS) is 17.9. The molecule has 3 N–H and O–H groups in total. The Balaban J connectivity index is 2.02. The van der Waals surface area contributed by atoms with Crippen LogP contribution in [0.4, 0.5) is 0 Å². The monoisotopic (exact) mass is 297 g/mol. The second-order valence-electron chi connectivity index (χ2n) is 5.05. The molecule has 1 aliphatic rings. The summed E-state index contributed by atoms with van der Waals surface area (Å²) in [6.07, 6.45) is 6.54. The maximum atomic E-state index is 12.4. The Morgan fingerprint density at radius 3 is 2.74 bits per heavy atom. The Hall–Kier alpha value is -1.01. The van der Waals surface area contributed by atoms with Crippen LogP contribution >= 0.6 is 23.6 Å². The third kappa shape index (κ3) is 3.12. The predicted octanol–water partition coefficient (Wildman–Crippen LogP) is 2.30. The summed E-state index contributed by atoms with van der Waals surface area (Å²) in [4.78, 5) is 18.2. The highest BCUT2D eigenvalue weighted by atomic mass is 32.1. The van der Waals surface area contributed by atoms with Gasteiger partial charge in [-0.15, -0.1) is 11.3 Å². The molecule has 104 valence electrons. The van der Waals surface area contributed by atoms with Crippen molar-refractivity contribution in [1.82, 2.24) is 10.3 Å². The molecule has 0 unspecified atom stereocenters. The van der Waals surface area contributed by atoms with E-state index in [4.69, 9.17) is 18.0 Å². The van der Waals surface area contributed by atoms with Gasteiger partial charge in [0.2, 0.25) is 5.91 Å². The molecule has 1 amide bonds. The van der Waals surface area contributed by atoms with Gasteiger partial charge in [-0.1, -0.05) is 31.5 Å². The van der Waals surface area contributed by atoms with Crippen molar-refractivity contribution < 1.29 is 4.79 Å². The number of thiazole rings is 1. The highest BCUT2D eigenvalue weighted by Crippen LogP contribution is 2.37. The molecule has 19 heavy (non-hydrogen) atoms. The highest BCUT2D eigenvalue weighted by Gasteiger charge is 2.42. The second-order valence-corrected chi connectivity index (χ2v) is 6.81. The third-order valence-electron chi connectivity index (χ3n) is 3.68. The van der Waals surface area contributed by atoms with Gasteiger partial charge in [-0.05, 0) is 19.8 Å². The number of rotatable bonds is 4. The zero-order valence-corrected chi connectivity index (χ0v) is 12.7. The van der Waals surface area contributed by atoms with Crippen molar-refractivity contribution in [1.29, 1.82) is 0 Å². The molecule has 0 atom stereocenters. The number of nitrogens with two attached hydrogens (primary N) is 1. The van der Waals surface area contributed by atoms with Gasteiger partial charge in [-0.3, -0.25) is 4.79 Å². The summed E-state index contributed by atoms with van der Waals surface area (Å²) in [5, 5.41) is 3.86. The van der Waals surface area contributed by atoms with E-state index in [0.717, 1.165) is 42.0 Å². The molecule has 6 heteroatoms. The van der Waals surface area contributed by atoms with E-state index in [1.165, 1.54) is 0 Å². The van der Waals surface area contributed by atoms with Crippen LogP contribution in [0, 0.1) is 12.3 Å². The van der Waals surface area contributed by atoms with Gasteiger partial charge >= 0.3 is 0 Å². The lowest BCUT2D eigenvalue weighted by Crippen LogP contribution is -2.49. The van der Waals surface area contributed by atoms with Gasteiger partial charge < -0.3 is 11.1 Å². The summed E-state index contributed by atoms with van der Waals surface area (Å²) in [5.74, 6) is -0.0347. The summed E-state index contributed by atoms with van der Waals surface area (Å²) in [6, 6.07) is 0. The van der Waals surface area contributed by atoms with Crippen molar-refractivity contribution in [2.24, 2.45) is 11.1 Å². The lowest BCUT2D eigenvalue weighted by atomic mass is 9.73. The van der Waals surface area contributed by atoms with Gasteiger partial charge in [0.25, 0.3) is 0 Å². The van der Waals surface area contributed by atoms with E-state index in [1.54, 1.807) is 11.3 Å². The highest BCUT2D eigenvalue weighted by molar-refractivity contribution is 7.80. The Morgan fingerprint density at radius 1 is 1.53 bits per heavy atom. The first-order valence-corrected chi connectivity index (χ1v) is 7.76. The van der Waals surface area contributed by atoms with E-state index in [9.17, 15) is 4.79 Å². The lowest BCUT2D eigenvalue weighted by Gasteiger charge is -2.34. The Labute approximate surface area is 122 Å². The minimum absolute atomic E-state index is 0.0347. The molecule has 0 bridgehead atoms. The van der Waals surface area contributed by atoms with Crippen molar-refractivity contribution in [3.8, 4) is 0 Å². The quantitative estimate of drug-likeness (QED) is 0.837. The number of carbonyl (C=O) groups is 1. The maximum absolute atomic E-state index is 12.4. The van der Waals surface area contributed by atoms with E-state index in [0.29, 0.717) is 11.5 Å². The van der Waals surface area contributed by atoms with Crippen LogP contribution in [0.1, 0.15) is 42.0 Å². The maximum Gasteiger partial charge on any atom is 0.233 e. The zero-order chi connectivity index (χ0) is 13.9. The Bertz CT molecular complexity index is 478. The van der Waals surface area contributed by atoms with E-state index >= 15 is 0 Å². The predicted molar refractivity (Wildman–Crippen MR) is 81.0 cm³/mol. The first-order chi connectivity index (χ1) is 9.04. The number of hydrogen-bond donors (Lipinski definition) is 2. The standard InChI is InChI=1S/C13H19N3OS2/c1-9-7-15-10(19-9)8-16-12(17)13(11(14)18)5-3-2-4-6-13/h7H,2-6,8H2,1H3,(H2,14,18)(H,16,17). The first-order valence-electron chi connectivity index (χ1n) is 6.54. The third-order valence-corrected chi connectivity index (χ3v) is 4.99. The fourth-order valence-corrected chi connectivity index (χ4v) is 3.57. The van der Waals surface area contributed by atoms with Crippen LogP contribution in [-0.2, 0) is 11.3 Å². The largest absolute Gasteiger partial charge is 0.392 e. The number of carbonyl (C=O) groups excluding carboxylic acids is 1. The van der Waals surface area contributed by atoms with Gasteiger partial charge in [0, 0.05) is 11.1 Å². The second kappa shape index (κ2) is 5.96. The first kappa shape index (κ1) is 14.4. The van der Waals surface area contributed by atoms with Crippen LogP contribution in [0.25, 0.3) is 0 Å². The number of aromatic nitrogens is 1. The molecule has 4 nitrogen and oxygen atoms in total. The van der Waals surface area contributed by atoms with Gasteiger partial charge in [-0.2, -0.15) is 0 Å². The van der Waals surface area contributed by atoms with E-state index in [1.807, 2.05) is 13.1 Å². The van der Waals surface area contributed by atoms with Crippen molar-refractivity contribution >= 4 is 34.5 Å². The Kier molecular flexibility index (Phi) is 4.52. The molecule has 2 rings (SSSR count). The summed E-state index contributed by atoms with van der Waals surface area (Å²) in [7, 11) is 0. The summed E-state index contributed by atoms with van der Waals surface area (Å²) in [6.45, 7) is 2.46. The summed E-state index contributed by atoms with van der Waals surface area (Å²) >= 11 is 6.74. The number of nitrogens with one attached hydrogen (secondary N) is 1. The molecule has 0 saturated heterocycles. The number of thiocarbonyl (C=S) groups is 1. The van der Waals surface area contributed by atoms with E-state index in [-0.39, 0.29) is 5.91 Å². The molecule has 1 heterocycles.